The quantitative estimate of drug-likeness (QED) is 0.506. The first-order valence-electron chi connectivity index (χ1n) is 9.37. The Morgan fingerprint density at radius 1 is 1.16 bits per heavy atom. The summed E-state index contributed by atoms with van der Waals surface area (Å²) < 4.78 is 45.0. The average Bonchev–Trinajstić information content (AvgIpc) is 3.13. The van der Waals surface area contributed by atoms with Gasteiger partial charge in [0.2, 0.25) is 5.91 Å². The molecular formula is C21H21F3N4O2S. The zero-order valence-electron chi connectivity index (χ0n) is 16.9. The molecule has 0 radical (unpaired) electrons. The van der Waals surface area contributed by atoms with E-state index < -0.39 is 11.7 Å². The van der Waals surface area contributed by atoms with E-state index >= 15 is 0 Å². The summed E-state index contributed by atoms with van der Waals surface area (Å²) in [5.74, 6) is 0.342. The summed E-state index contributed by atoms with van der Waals surface area (Å²) in [4.78, 5) is 12.3. The second kappa shape index (κ2) is 9.97. The maximum absolute atomic E-state index is 12.6. The molecule has 1 aromatic heterocycles. The van der Waals surface area contributed by atoms with E-state index in [1.807, 2.05) is 35.8 Å². The predicted octanol–water partition coefficient (Wildman–Crippen LogP) is 4.65. The number of alkyl halides is 3. The fraction of sp³-hybridized carbons (Fsp3) is 0.286. The molecule has 2 aromatic carbocycles. The van der Waals surface area contributed by atoms with Gasteiger partial charge in [-0.05, 0) is 37.3 Å². The highest BCUT2D eigenvalue weighted by Crippen LogP contribution is 2.30. The minimum Gasteiger partial charge on any atom is -0.383 e. The lowest BCUT2D eigenvalue weighted by atomic mass is 10.1. The molecule has 6 nitrogen and oxygen atoms in total. The molecule has 3 aromatic rings. The molecule has 31 heavy (non-hydrogen) atoms. The van der Waals surface area contributed by atoms with Crippen LogP contribution in [0.1, 0.15) is 11.1 Å². The van der Waals surface area contributed by atoms with Gasteiger partial charge in [-0.3, -0.25) is 9.36 Å². The van der Waals surface area contributed by atoms with Crippen LogP contribution in [0.15, 0.2) is 53.7 Å². The summed E-state index contributed by atoms with van der Waals surface area (Å²) in [7, 11) is 1.60. The smallest absolute Gasteiger partial charge is 0.383 e. The van der Waals surface area contributed by atoms with Crippen molar-refractivity contribution < 1.29 is 22.7 Å². The lowest BCUT2D eigenvalue weighted by Crippen LogP contribution is -2.15. The van der Waals surface area contributed by atoms with Gasteiger partial charge in [0.05, 0.1) is 24.5 Å². The fourth-order valence-electron chi connectivity index (χ4n) is 2.85. The van der Waals surface area contributed by atoms with Crippen molar-refractivity contribution in [3.05, 3.63) is 59.7 Å². The Morgan fingerprint density at radius 3 is 2.55 bits per heavy atom. The Kier molecular flexibility index (Phi) is 7.34. The van der Waals surface area contributed by atoms with E-state index in [-0.39, 0.29) is 11.7 Å². The first kappa shape index (κ1) is 22.8. The van der Waals surface area contributed by atoms with Crippen molar-refractivity contribution in [3.8, 4) is 11.4 Å². The van der Waals surface area contributed by atoms with Crippen LogP contribution < -0.4 is 5.32 Å². The highest BCUT2D eigenvalue weighted by atomic mass is 32.2. The van der Waals surface area contributed by atoms with Crippen molar-refractivity contribution in [1.82, 2.24) is 14.8 Å². The van der Waals surface area contributed by atoms with Crippen molar-refractivity contribution in [2.45, 2.75) is 24.8 Å². The van der Waals surface area contributed by atoms with Gasteiger partial charge >= 0.3 is 6.18 Å². The number of thioether (sulfide) groups is 1. The molecule has 10 heteroatoms. The van der Waals surface area contributed by atoms with Gasteiger partial charge in [0, 0.05) is 18.4 Å². The normalized spacial score (nSPS) is 11.5. The number of benzene rings is 2. The zero-order valence-corrected chi connectivity index (χ0v) is 17.8. The van der Waals surface area contributed by atoms with Gasteiger partial charge in [-0.2, -0.15) is 13.2 Å². The van der Waals surface area contributed by atoms with Crippen molar-refractivity contribution in [2.75, 3.05) is 24.8 Å². The van der Waals surface area contributed by atoms with Crippen LogP contribution in [0.4, 0.5) is 18.9 Å². The Labute approximate surface area is 181 Å². The van der Waals surface area contributed by atoms with Crippen LogP contribution in [-0.4, -0.2) is 40.1 Å². The van der Waals surface area contributed by atoms with Gasteiger partial charge in [0.25, 0.3) is 0 Å². The fourth-order valence-corrected chi connectivity index (χ4v) is 3.61. The standard InChI is InChI=1S/C21H21F3N4O2S/c1-14-4-3-5-15(12-14)19-26-27-20(28(19)10-11-30-2)31-13-18(29)25-17-8-6-16(7-9-17)21(22,23)24/h3-9,12H,10-11,13H2,1-2H3,(H,25,29). The van der Waals surface area contributed by atoms with Gasteiger partial charge < -0.3 is 10.1 Å². The van der Waals surface area contributed by atoms with Crippen molar-refractivity contribution in [1.29, 1.82) is 0 Å². The molecule has 0 unspecified atom stereocenters. The van der Waals surface area contributed by atoms with Gasteiger partial charge in [0.15, 0.2) is 11.0 Å². The molecule has 0 spiro atoms. The van der Waals surface area contributed by atoms with Crippen LogP contribution >= 0.6 is 11.8 Å². The van der Waals surface area contributed by atoms with E-state index in [1.165, 1.54) is 23.9 Å². The number of methoxy groups -OCH3 is 1. The second-order valence-corrected chi connectivity index (χ2v) is 7.67. The summed E-state index contributed by atoms with van der Waals surface area (Å²) in [6.07, 6.45) is -4.42. The first-order valence-corrected chi connectivity index (χ1v) is 10.4. The van der Waals surface area contributed by atoms with Crippen LogP contribution in [0, 0.1) is 6.92 Å². The van der Waals surface area contributed by atoms with E-state index in [0.29, 0.717) is 29.8 Å². The summed E-state index contributed by atoms with van der Waals surface area (Å²) in [5, 5.41) is 11.6. The molecule has 0 aliphatic carbocycles. The lowest BCUT2D eigenvalue weighted by molar-refractivity contribution is -0.137. The molecule has 3 rings (SSSR count). The topological polar surface area (TPSA) is 69.0 Å². The molecule has 0 aliphatic rings. The molecule has 0 aliphatic heterocycles. The van der Waals surface area contributed by atoms with Crippen LogP contribution in [0.25, 0.3) is 11.4 Å². The molecule has 1 heterocycles. The highest BCUT2D eigenvalue weighted by Gasteiger charge is 2.30. The van der Waals surface area contributed by atoms with E-state index in [2.05, 4.69) is 15.5 Å². The highest BCUT2D eigenvalue weighted by molar-refractivity contribution is 7.99. The number of aryl methyl sites for hydroxylation is 1. The molecule has 0 saturated carbocycles. The third-order valence-electron chi connectivity index (χ3n) is 4.34. The summed E-state index contributed by atoms with van der Waals surface area (Å²) >= 11 is 1.19. The number of carbonyl (C=O) groups is 1. The Morgan fingerprint density at radius 2 is 1.90 bits per heavy atom. The number of anilines is 1. The SMILES string of the molecule is COCCn1c(SCC(=O)Nc2ccc(C(F)(F)F)cc2)nnc1-c1cccc(C)c1. The minimum atomic E-state index is -4.42. The summed E-state index contributed by atoms with van der Waals surface area (Å²) in [6.45, 7) is 2.94. The van der Waals surface area contributed by atoms with Gasteiger partial charge in [-0.1, -0.05) is 35.5 Å². The van der Waals surface area contributed by atoms with E-state index in [1.54, 1.807) is 7.11 Å². The predicted molar refractivity (Wildman–Crippen MR) is 113 cm³/mol. The molecular weight excluding hydrogens is 429 g/mol. The average molecular weight is 450 g/mol. The molecule has 0 atom stereocenters. The third kappa shape index (κ3) is 6.08. The number of ether oxygens (including phenoxy) is 1. The van der Waals surface area contributed by atoms with E-state index in [0.717, 1.165) is 23.3 Å². The van der Waals surface area contributed by atoms with Gasteiger partial charge in [-0.25, -0.2) is 0 Å². The van der Waals surface area contributed by atoms with E-state index in [9.17, 15) is 18.0 Å². The van der Waals surface area contributed by atoms with Gasteiger partial charge in [-0.15, -0.1) is 10.2 Å². The number of rotatable bonds is 8. The van der Waals surface area contributed by atoms with Crippen LogP contribution in [0.2, 0.25) is 0 Å². The number of nitrogens with one attached hydrogen (secondary N) is 1. The number of halogens is 3. The molecule has 0 bridgehead atoms. The number of hydrogen-bond donors (Lipinski definition) is 1. The zero-order chi connectivity index (χ0) is 22.4. The first-order chi connectivity index (χ1) is 14.8. The lowest BCUT2D eigenvalue weighted by Gasteiger charge is -2.11. The molecule has 0 fully saturated rings. The number of amides is 1. The number of carbonyl (C=O) groups excluding carboxylic acids is 1. The summed E-state index contributed by atoms with van der Waals surface area (Å²) in [5.41, 5.74) is 1.52. The largest absolute Gasteiger partial charge is 0.416 e. The Balaban J connectivity index is 1.68. The van der Waals surface area contributed by atoms with Crippen molar-refractivity contribution in [3.63, 3.8) is 0 Å². The summed E-state index contributed by atoms with van der Waals surface area (Å²) in [6, 6.07) is 12.2. The Bertz CT molecular complexity index is 1040. The minimum absolute atomic E-state index is 0.0277. The van der Waals surface area contributed by atoms with Crippen LogP contribution in [0.3, 0.4) is 0 Å². The second-order valence-electron chi connectivity index (χ2n) is 6.73. The monoisotopic (exact) mass is 450 g/mol. The van der Waals surface area contributed by atoms with Crippen molar-refractivity contribution in [2.24, 2.45) is 0 Å². The number of nitrogens with zero attached hydrogens (tertiary/aromatic N) is 3. The number of hydrogen-bond acceptors (Lipinski definition) is 5. The third-order valence-corrected chi connectivity index (χ3v) is 5.31. The van der Waals surface area contributed by atoms with E-state index in [4.69, 9.17) is 4.74 Å². The van der Waals surface area contributed by atoms with Gasteiger partial charge in [0.1, 0.15) is 0 Å². The molecule has 164 valence electrons. The maximum Gasteiger partial charge on any atom is 0.416 e. The Hall–Kier alpha value is -2.85. The molecule has 0 saturated heterocycles. The maximum atomic E-state index is 12.6. The van der Waals surface area contributed by atoms with Crippen LogP contribution in [-0.2, 0) is 22.3 Å². The molecule has 1 N–H and O–H groups in total. The van der Waals surface area contributed by atoms with Crippen molar-refractivity contribution >= 4 is 23.4 Å². The molecule has 1 amide bonds. The van der Waals surface area contributed by atoms with Crippen LogP contribution in [0.5, 0.6) is 0 Å². The number of aromatic nitrogens is 3.